The number of para-hydroxylation sites is 1. The fraction of sp³-hybridized carbons (Fsp3) is 0.364. The molecule has 0 aliphatic heterocycles. The molecule has 0 fully saturated rings. The second kappa shape index (κ2) is 7.03. The van der Waals surface area contributed by atoms with Crippen molar-refractivity contribution in [3.8, 4) is 11.5 Å². The average molecular weight is 250 g/mol. The Morgan fingerprint density at radius 2 is 2.17 bits per heavy atom. The van der Waals surface area contributed by atoms with E-state index in [0.29, 0.717) is 25.9 Å². The molecule has 96 valence electrons. The van der Waals surface area contributed by atoms with Crippen molar-refractivity contribution in [2.24, 2.45) is 5.11 Å². The Morgan fingerprint density at radius 3 is 2.89 bits per heavy atom. The minimum Gasteiger partial charge on any atom is -0.504 e. The third-order valence-corrected chi connectivity index (χ3v) is 2.29. The average Bonchev–Trinajstić information content (AvgIpc) is 2.36. The zero-order valence-corrected chi connectivity index (χ0v) is 9.70. The third-order valence-electron chi connectivity index (χ3n) is 2.29. The zero-order chi connectivity index (χ0) is 13.4. The first-order valence-corrected chi connectivity index (χ1v) is 5.47. The molecule has 1 amide bonds. The summed E-state index contributed by atoms with van der Waals surface area (Å²) in [6.45, 7) is 0.804. The Bertz CT molecular complexity index is 469. The lowest BCUT2D eigenvalue weighted by molar-refractivity contribution is 0.0949. The normalized spacial score (nSPS) is 9.56. The third kappa shape index (κ3) is 3.88. The number of hydrogen-bond donors (Lipinski definition) is 3. The van der Waals surface area contributed by atoms with Gasteiger partial charge in [0.05, 0.1) is 5.56 Å². The molecule has 7 heteroatoms. The van der Waals surface area contributed by atoms with Crippen molar-refractivity contribution in [1.29, 1.82) is 0 Å². The predicted molar refractivity (Wildman–Crippen MR) is 65.4 cm³/mol. The van der Waals surface area contributed by atoms with Crippen LogP contribution in [0, 0.1) is 0 Å². The highest BCUT2D eigenvalue weighted by Crippen LogP contribution is 2.27. The van der Waals surface area contributed by atoms with Gasteiger partial charge < -0.3 is 15.5 Å². The molecule has 1 aromatic rings. The van der Waals surface area contributed by atoms with Crippen LogP contribution in [0.15, 0.2) is 23.3 Å². The zero-order valence-electron chi connectivity index (χ0n) is 9.70. The maximum absolute atomic E-state index is 11.6. The number of nitrogens with zero attached hydrogens (tertiary/aromatic N) is 3. The number of phenols is 2. The van der Waals surface area contributed by atoms with Crippen molar-refractivity contribution < 1.29 is 15.0 Å². The topological polar surface area (TPSA) is 118 Å². The standard InChI is InChI=1S/C11H14N4O3/c12-15-14-7-2-1-6-13-11(18)8-4-3-5-9(16)10(8)17/h3-5,16-17H,1-2,6-7H2,(H,13,18). The molecule has 0 bridgehead atoms. The monoisotopic (exact) mass is 250 g/mol. The van der Waals surface area contributed by atoms with Crippen molar-refractivity contribution in [3.05, 3.63) is 34.2 Å². The highest BCUT2D eigenvalue weighted by molar-refractivity contribution is 5.97. The maximum atomic E-state index is 11.6. The number of carbonyl (C=O) groups excluding carboxylic acids is 1. The molecule has 18 heavy (non-hydrogen) atoms. The smallest absolute Gasteiger partial charge is 0.255 e. The first kappa shape index (κ1) is 13.7. The van der Waals surface area contributed by atoms with Crippen molar-refractivity contribution in [2.75, 3.05) is 13.1 Å². The molecular weight excluding hydrogens is 236 g/mol. The van der Waals surface area contributed by atoms with Crippen LogP contribution in [-0.2, 0) is 0 Å². The first-order valence-electron chi connectivity index (χ1n) is 5.47. The Morgan fingerprint density at radius 1 is 1.39 bits per heavy atom. The lowest BCUT2D eigenvalue weighted by atomic mass is 10.1. The van der Waals surface area contributed by atoms with E-state index in [1.54, 1.807) is 0 Å². The quantitative estimate of drug-likeness (QED) is 0.235. The molecule has 7 nitrogen and oxygen atoms in total. The number of unbranched alkanes of at least 4 members (excludes halogenated alkanes) is 1. The van der Waals surface area contributed by atoms with Crippen LogP contribution in [-0.4, -0.2) is 29.2 Å². The van der Waals surface area contributed by atoms with Gasteiger partial charge in [-0.15, -0.1) is 0 Å². The lowest BCUT2D eigenvalue weighted by Crippen LogP contribution is -2.24. The van der Waals surface area contributed by atoms with Crippen molar-refractivity contribution in [2.45, 2.75) is 12.8 Å². The number of nitrogens with one attached hydrogen (secondary N) is 1. The molecule has 0 unspecified atom stereocenters. The Balaban J connectivity index is 2.41. The molecule has 1 rings (SSSR count). The van der Waals surface area contributed by atoms with Crippen LogP contribution in [0.25, 0.3) is 10.4 Å². The molecule has 0 radical (unpaired) electrons. The van der Waals surface area contributed by atoms with Crippen LogP contribution in [0.1, 0.15) is 23.2 Å². The summed E-state index contributed by atoms with van der Waals surface area (Å²) < 4.78 is 0. The van der Waals surface area contributed by atoms with Gasteiger partial charge in [0, 0.05) is 18.0 Å². The van der Waals surface area contributed by atoms with Crippen molar-refractivity contribution in [1.82, 2.24) is 5.32 Å². The maximum Gasteiger partial charge on any atom is 0.255 e. The molecule has 0 aliphatic carbocycles. The van der Waals surface area contributed by atoms with Gasteiger partial charge in [-0.05, 0) is 30.5 Å². The molecule has 0 aliphatic rings. The highest BCUT2D eigenvalue weighted by atomic mass is 16.3. The van der Waals surface area contributed by atoms with E-state index in [1.807, 2.05) is 0 Å². The Kier molecular flexibility index (Phi) is 5.34. The molecule has 0 heterocycles. The molecular formula is C11H14N4O3. The van der Waals surface area contributed by atoms with E-state index in [4.69, 9.17) is 5.53 Å². The second-order valence-electron chi connectivity index (χ2n) is 3.59. The summed E-state index contributed by atoms with van der Waals surface area (Å²) >= 11 is 0. The minimum atomic E-state index is -0.452. The summed E-state index contributed by atoms with van der Waals surface area (Å²) in [6, 6.07) is 4.20. The summed E-state index contributed by atoms with van der Waals surface area (Å²) in [5, 5.41) is 24.7. The van der Waals surface area contributed by atoms with Crippen LogP contribution < -0.4 is 5.32 Å². The molecule has 0 aromatic heterocycles. The number of amides is 1. The summed E-state index contributed by atoms with van der Waals surface area (Å²) in [5.74, 6) is -1.21. The number of phenolic OH excluding ortho intramolecular Hbond substituents is 2. The summed E-state index contributed by atoms with van der Waals surface area (Å²) in [7, 11) is 0. The van der Waals surface area contributed by atoms with Crippen molar-refractivity contribution >= 4 is 5.91 Å². The molecule has 0 atom stereocenters. The summed E-state index contributed by atoms with van der Waals surface area (Å²) in [4.78, 5) is 14.3. The summed E-state index contributed by atoms with van der Waals surface area (Å²) in [6.07, 6.45) is 1.35. The van der Waals surface area contributed by atoms with Gasteiger partial charge in [-0.3, -0.25) is 4.79 Å². The number of aromatic hydroxyl groups is 2. The van der Waals surface area contributed by atoms with Gasteiger partial charge in [0.1, 0.15) is 0 Å². The van der Waals surface area contributed by atoms with E-state index in [0.717, 1.165) is 0 Å². The predicted octanol–water partition coefficient (Wildman–Crippen LogP) is 1.92. The van der Waals surface area contributed by atoms with Gasteiger partial charge in [-0.25, -0.2) is 0 Å². The molecule has 0 spiro atoms. The minimum absolute atomic E-state index is 0.0324. The molecule has 0 saturated heterocycles. The van der Waals surface area contributed by atoms with Gasteiger partial charge >= 0.3 is 0 Å². The van der Waals surface area contributed by atoms with Gasteiger partial charge in [0.15, 0.2) is 11.5 Å². The number of rotatable bonds is 6. The number of hydrogen-bond acceptors (Lipinski definition) is 4. The molecule has 0 saturated carbocycles. The summed E-state index contributed by atoms with van der Waals surface area (Å²) in [5.41, 5.74) is 8.09. The van der Waals surface area contributed by atoms with Gasteiger partial charge in [-0.2, -0.15) is 0 Å². The fourth-order valence-electron chi connectivity index (χ4n) is 1.36. The van der Waals surface area contributed by atoms with E-state index in [1.165, 1.54) is 18.2 Å². The molecule has 3 N–H and O–H groups in total. The van der Waals surface area contributed by atoms with Gasteiger partial charge in [0.25, 0.3) is 5.91 Å². The Hall–Kier alpha value is -2.40. The van der Waals surface area contributed by atoms with Crippen LogP contribution in [0.5, 0.6) is 11.5 Å². The van der Waals surface area contributed by atoms with Crippen LogP contribution in [0.4, 0.5) is 0 Å². The second-order valence-corrected chi connectivity index (χ2v) is 3.59. The Labute approximate surface area is 104 Å². The van der Waals surface area contributed by atoms with E-state index < -0.39 is 11.7 Å². The van der Waals surface area contributed by atoms with Crippen LogP contribution in [0.2, 0.25) is 0 Å². The highest BCUT2D eigenvalue weighted by Gasteiger charge is 2.12. The van der Waals surface area contributed by atoms with E-state index in [9.17, 15) is 15.0 Å². The van der Waals surface area contributed by atoms with Crippen LogP contribution in [0.3, 0.4) is 0 Å². The van der Waals surface area contributed by atoms with E-state index in [2.05, 4.69) is 15.3 Å². The van der Waals surface area contributed by atoms with Crippen molar-refractivity contribution in [3.63, 3.8) is 0 Å². The van der Waals surface area contributed by atoms with Gasteiger partial charge in [0.2, 0.25) is 0 Å². The van der Waals surface area contributed by atoms with E-state index >= 15 is 0 Å². The molecule has 1 aromatic carbocycles. The first-order chi connectivity index (χ1) is 8.66. The SMILES string of the molecule is [N-]=[N+]=NCCCCNC(=O)c1cccc(O)c1O. The number of benzene rings is 1. The number of carbonyl (C=O) groups is 1. The largest absolute Gasteiger partial charge is 0.504 e. The van der Waals surface area contributed by atoms with Crippen LogP contribution >= 0.6 is 0 Å². The lowest BCUT2D eigenvalue weighted by Gasteiger charge is -2.07. The fourth-order valence-corrected chi connectivity index (χ4v) is 1.36. The number of azide groups is 1. The van der Waals surface area contributed by atoms with Gasteiger partial charge in [-0.1, -0.05) is 11.2 Å². The van der Waals surface area contributed by atoms with E-state index in [-0.39, 0.29) is 11.3 Å².